The minimum absolute atomic E-state index is 0. The normalized spacial score (nSPS) is 11.1. The molecule has 2 heterocycles. The molecular formula is C14H25IN8. The summed E-state index contributed by atoms with van der Waals surface area (Å²) < 4.78 is 3.92. The summed E-state index contributed by atoms with van der Waals surface area (Å²) in [5, 5.41) is 18.4. The van der Waals surface area contributed by atoms with Gasteiger partial charge in [-0.05, 0) is 25.3 Å². The molecule has 23 heavy (non-hydrogen) atoms. The maximum atomic E-state index is 4.22. The van der Waals surface area contributed by atoms with Crippen LogP contribution in [-0.4, -0.2) is 50.6 Å². The molecule has 2 rings (SSSR count). The van der Waals surface area contributed by atoms with E-state index in [1.165, 1.54) is 0 Å². The van der Waals surface area contributed by atoms with Gasteiger partial charge in [0, 0.05) is 45.6 Å². The second-order valence-corrected chi connectivity index (χ2v) is 4.96. The number of aromatic nitrogens is 5. The molecule has 0 saturated carbocycles. The highest BCUT2D eigenvalue weighted by Gasteiger charge is 1.97. The summed E-state index contributed by atoms with van der Waals surface area (Å²) in [5.74, 6) is 0.852. The largest absolute Gasteiger partial charge is 0.356 e. The smallest absolute Gasteiger partial charge is 0.190 e. The van der Waals surface area contributed by atoms with Crippen molar-refractivity contribution in [2.24, 2.45) is 4.99 Å². The Morgan fingerprint density at radius 2 is 1.78 bits per heavy atom. The maximum absolute atomic E-state index is 4.22. The summed E-state index contributed by atoms with van der Waals surface area (Å²) in [5.41, 5.74) is 0. The van der Waals surface area contributed by atoms with E-state index in [9.17, 15) is 0 Å². The van der Waals surface area contributed by atoms with Crippen LogP contribution >= 0.6 is 24.0 Å². The van der Waals surface area contributed by atoms with Gasteiger partial charge < -0.3 is 15.2 Å². The number of nitrogens with zero attached hydrogens (tertiary/aromatic N) is 6. The SMILES string of the molecule is CN=C(NCCCCn1cnnc1)NCCCn1cccn1.I. The zero-order valence-electron chi connectivity index (χ0n) is 13.4. The number of aliphatic imine (C=N–C) groups is 1. The topological polar surface area (TPSA) is 85.0 Å². The van der Waals surface area contributed by atoms with Crippen LogP contribution in [0.25, 0.3) is 0 Å². The molecule has 0 aliphatic rings. The summed E-state index contributed by atoms with van der Waals surface area (Å²) in [6.07, 6.45) is 10.4. The zero-order valence-corrected chi connectivity index (χ0v) is 15.8. The Hall–Kier alpha value is -1.65. The minimum Gasteiger partial charge on any atom is -0.356 e. The molecule has 0 aromatic carbocycles. The minimum atomic E-state index is 0. The van der Waals surface area contributed by atoms with Crippen LogP contribution in [0.15, 0.2) is 36.1 Å². The lowest BCUT2D eigenvalue weighted by atomic mass is 10.3. The fraction of sp³-hybridized carbons (Fsp3) is 0.571. The molecule has 2 aromatic heterocycles. The fourth-order valence-corrected chi connectivity index (χ4v) is 2.06. The lowest BCUT2D eigenvalue weighted by Gasteiger charge is -2.11. The number of halogens is 1. The molecule has 0 atom stereocenters. The van der Waals surface area contributed by atoms with Gasteiger partial charge in [0.25, 0.3) is 0 Å². The number of aryl methyl sites for hydroxylation is 2. The van der Waals surface area contributed by atoms with Crippen molar-refractivity contribution in [1.29, 1.82) is 0 Å². The Kier molecular flexibility index (Phi) is 10.00. The molecule has 0 saturated heterocycles. The predicted molar refractivity (Wildman–Crippen MR) is 101 cm³/mol. The van der Waals surface area contributed by atoms with Gasteiger partial charge in [0.2, 0.25) is 0 Å². The Labute approximate surface area is 153 Å². The number of hydrogen-bond donors (Lipinski definition) is 2. The van der Waals surface area contributed by atoms with Gasteiger partial charge in [0.15, 0.2) is 5.96 Å². The van der Waals surface area contributed by atoms with E-state index in [2.05, 4.69) is 30.9 Å². The number of guanidine groups is 1. The molecule has 9 heteroatoms. The third-order valence-corrected chi connectivity index (χ3v) is 3.24. The summed E-state index contributed by atoms with van der Waals surface area (Å²) in [6, 6.07) is 1.94. The monoisotopic (exact) mass is 432 g/mol. The van der Waals surface area contributed by atoms with Gasteiger partial charge in [-0.25, -0.2) is 0 Å². The molecule has 0 bridgehead atoms. The van der Waals surface area contributed by atoms with Crippen molar-refractivity contribution in [3.05, 3.63) is 31.1 Å². The second kappa shape index (κ2) is 11.9. The Bertz CT molecular complexity index is 523. The van der Waals surface area contributed by atoms with Crippen LogP contribution in [-0.2, 0) is 13.1 Å². The second-order valence-electron chi connectivity index (χ2n) is 4.96. The molecule has 0 radical (unpaired) electrons. The molecule has 128 valence electrons. The molecule has 0 aliphatic heterocycles. The quantitative estimate of drug-likeness (QED) is 0.269. The molecule has 8 nitrogen and oxygen atoms in total. The number of unbranched alkanes of at least 4 members (excludes halogenated alkanes) is 1. The summed E-state index contributed by atoms with van der Waals surface area (Å²) in [7, 11) is 1.79. The zero-order chi connectivity index (χ0) is 15.5. The molecule has 2 aromatic rings. The van der Waals surface area contributed by atoms with Crippen molar-refractivity contribution >= 4 is 29.9 Å². The van der Waals surface area contributed by atoms with E-state index in [-0.39, 0.29) is 24.0 Å². The molecule has 0 unspecified atom stereocenters. The van der Waals surface area contributed by atoms with Gasteiger partial charge in [0.1, 0.15) is 12.7 Å². The Balaban J connectivity index is 0.00000264. The summed E-state index contributed by atoms with van der Waals surface area (Å²) in [6.45, 7) is 3.64. The first-order valence-electron chi connectivity index (χ1n) is 7.63. The van der Waals surface area contributed by atoms with E-state index in [1.807, 2.05) is 21.5 Å². The predicted octanol–water partition coefficient (Wildman–Crippen LogP) is 1.13. The molecular weight excluding hydrogens is 407 g/mol. The van der Waals surface area contributed by atoms with Crippen molar-refractivity contribution < 1.29 is 0 Å². The van der Waals surface area contributed by atoms with Gasteiger partial charge in [-0.1, -0.05) is 0 Å². The summed E-state index contributed by atoms with van der Waals surface area (Å²) >= 11 is 0. The number of nitrogens with one attached hydrogen (secondary N) is 2. The lowest BCUT2D eigenvalue weighted by Crippen LogP contribution is -2.38. The van der Waals surface area contributed by atoms with Gasteiger partial charge in [-0.15, -0.1) is 34.2 Å². The van der Waals surface area contributed by atoms with E-state index < -0.39 is 0 Å². The van der Waals surface area contributed by atoms with E-state index >= 15 is 0 Å². The van der Waals surface area contributed by atoms with Crippen LogP contribution in [0.3, 0.4) is 0 Å². The summed E-state index contributed by atoms with van der Waals surface area (Å²) in [4.78, 5) is 4.22. The van der Waals surface area contributed by atoms with E-state index in [1.54, 1.807) is 25.9 Å². The maximum Gasteiger partial charge on any atom is 0.190 e. The third kappa shape index (κ3) is 7.95. The van der Waals surface area contributed by atoms with Gasteiger partial charge >= 0.3 is 0 Å². The Morgan fingerprint density at radius 3 is 2.43 bits per heavy atom. The van der Waals surface area contributed by atoms with Crippen molar-refractivity contribution in [2.45, 2.75) is 32.4 Å². The van der Waals surface area contributed by atoms with Crippen LogP contribution in [0.2, 0.25) is 0 Å². The highest BCUT2D eigenvalue weighted by molar-refractivity contribution is 14.0. The van der Waals surface area contributed by atoms with Crippen molar-refractivity contribution in [2.75, 3.05) is 20.1 Å². The van der Waals surface area contributed by atoms with Crippen LogP contribution in [0.4, 0.5) is 0 Å². The fourth-order valence-electron chi connectivity index (χ4n) is 2.06. The first kappa shape index (κ1) is 19.4. The average Bonchev–Trinajstić information content (AvgIpc) is 3.22. The van der Waals surface area contributed by atoms with E-state index in [4.69, 9.17) is 0 Å². The van der Waals surface area contributed by atoms with Crippen molar-refractivity contribution in [3.63, 3.8) is 0 Å². The van der Waals surface area contributed by atoms with Crippen LogP contribution < -0.4 is 10.6 Å². The molecule has 0 fully saturated rings. The van der Waals surface area contributed by atoms with Gasteiger partial charge in [0.05, 0.1) is 0 Å². The standard InChI is InChI=1S/C14H24N8.HI/c1-15-14(17-7-4-10-22-11-5-8-20-22)16-6-2-3-9-21-12-18-19-13-21;/h5,8,11-13H,2-4,6-7,9-10H2,1H3,(H2,15,16,17);1H. The van der Waals surface area contributed by atoms with Crippen molar-refractivity contribution in [3.8, 4) is 0 Å². The first-order valence-corrected chi connectivity index (χ1v) is 7.63. The van der Waals surface area contributed by atoms with Crippen LogP contribution in [0, 0.1) is 0 Å². The number of rotatable bonds is 9. The van der Waals surface area contributed by atoms with Crippen LogP contribution in [0.1, 0.15) is 19.3 Å². The average molecular weight is 432 g/mol. The Morgan fingerprint density at radius 1 is 1.04 bits per heavy atom. The van der Waals surface area contributed by atoms with Gasteiger partial charge in [-0.3, -0.25) is 9.67 Å². The highest BCUT2D eigenvalue weighted by atomic mass is 127. The number of hydrogen-bond acceptors (Lipinski definition) is 4. The lowest BCUT2D eigenvalue weighted by molar-refractivity contribution is 0.567. The van der Waals surface area contributed by atoms with Gasteiger partial charge in [-0.2, -0.15) is 5.10 Å². The highest BCUT2D eigenvalue weighted by Crippen LogP contribution is 1.93. The third-order valence-electron chi connectivity index (χ3n) is 3.24. The molecule has 0 spiro atoms. The van der Waals surface area contributed by atoms with E-state index in [0.717, 1.165) is 51.4 Å². The molecule has 0 amide bonds. The molecule has 2 N–H and O–H groups in total. The van der Waals surface area contributed by atoms with Crippen LogP contribution in [0.5, 0.6) is 0 Å². The first-order chi connectivity index (χ1) is 10.9. The molecule has 0 aliphatic carbocycles. The van der Waals surface area contributed by atoms with Crippen molar-refractivity contribution in [1.82, 2.24) is 35.2 Å². The van der Waals surface area contributed by atoms with E-state index in [0.29, 0.717) is 0 Å².